The molecule has 1 aliphatic rings. The summed E-state index contributed by atoms with van der Waals surface area (Å²) in [5.74, 6) is 1.79. The molecular weight excluding hydrogens is 328 g/mol. The van der Waals surface area contributed by atoms with Gasteiger partial charge < -0.3 is 20.1 Å². The Kier molecular flexibility index (Phi) is 6.09. The van der Waals surface area contributed by atoms with Crippen molar-refractivity contribution in [2.75, 3.05) is 32.7 Å². The van der Waals surface area contributed by atoms with E-state index in [1.165, 1.54) is 0 Å². The highest BCUT2D eigenvalue weighted by Crippen LogP contribution is 2.14. The number of aliphatic imine (C=N–C) groups is 1. The number of aromatic nitrogens is 2. The summed E-state index contributed by atoms with van der Waals surface area (Å²) in [5, 5.41) is 6.52. The molecule has 0 unspecified atom stereocenters. The zero-order chi connectivity index (χ0) is 18.4. The summed E-state index contributed by atoms with van der Waals surface area (Å²) >= 11 is 0. The minimum absolute atomic E-state index is 0.108. The van der Waals surface area contributed by atoms with E-state index in [1.54, 1.807) is 0 Å². The Morgan fingerprint density at radius 2 is 2.00 bits per heavy atom. The molecular formula is C19H28N6O. The third-order valence-electron chi connectivity index (χ3n) is 4.65. The number of benzene rings is 1. The molecule has 7 heteroatoms. The molecule has 1 aromatic carbocycles. The number of carbonyl (C=O) groups is 1. The van der Waals surface area contributed by atoms with Crippen molar-refractivity contribution in [2.24, 2.45) is 4.99 Å². The van der Waals surface area contributed by atoms with Crippen LogP contribution in [0.1, 0.15) is 25.6 Å². The summed E-state index contributed by atoms with van der Waals surface area (Å²) in [6, 6.07) is 8.15. The highest BCUT2D eigenvalue weighted by Gasteiger charge is 2.17. The smallest absolute Gasteiger partial charge is 0.244 e. The van der Waals surface area contributed by atoms with Crippen molar-refractivity contribution >= 4 is 22.9 Å². The van der Waals surface area contributed by atoms with Crippen molar-refractivity contribution in [3.63, 3.8) is 0 Å². The molecule has 2 N–H and O–H groups in total. The third kappa shape index (κ3) is 4.33. The molecule has 2 aromatic rings. The summed E-state index contributed by atoms with van der Waals surface area (Å²) in [7, 11) is 0. The van der Waals surface area contributed by atoms with Gasteiger partial charge in [-0.05, 0) is 38.8 Å². The van der Waals surface area contributed by atoms with Crippen molar-refractivity contribution in [3.05, 3.63) is 30.1 Å². The van der Waals surface area contributed by atoms with Crippen LogP contribution in [0.2, 0.25) is 0 Å². The Bertz CT molecular complexity index is 775. The first-order valence-electron chi connectivity index (χ1n) is 9.41. The highest BCUT2D eigenvalue weighted by atomic mass is 16.2. The molecule has 1 aliphatic heterocycles. The maximum absolute atomic E-state index is 12.2. The molecule has 1 amide bonds. The molecule has 1 saturated heterocycles. The fraction of sp³-hybridized carbons (Fsp3) is 0.526. The fourth-order valence-electron chi connectivity index (χ4n) is 3.32. The van der Waals surface area contributed by atoms with Crippen LogP contribution in [0.5, 0.6) is 0 Å². The lowest BCUT2D eigenvalue weighted by molar-refractivity contribution is -0.128. The molecule has 26 heavy (non-hydrogen) atoms. The van der Waals surface area contributed by atoms with Gasteiger partial charge in [-0.3, -0.25) is 4.79 Å². The van der Waals surface area contributed by atoms with E-state index in [2.05, 4.69) is 31.2 Å². The van der Waals surface area contributed by atoms with Crippen LogP contribution in [0.3, 0.4) is 0 Å². The van der Waals surface area contributed by atoms with E-state index in [4.69, 9.17) is 0 Å². The number of carbonyl (C=O) groups excluding carboxylic acids is 1. The number of hydrogen-bond acceptors (Lipinski definition) is 3. The van der Waals surface area contributed by atoms with E-state index in [0.717, 1.165) is 55.9 Å². The van der Waals surface area contributed by atoms with Crippen LogP contribution >= 0.6 is 0 Å². The minimum Gasteiger partial charge on any atom is -0.357 e. The van der Waals surface area contributed by atoms with E-state index in [0.29, 0.717) is 12.5 Å². The molecule has 140 valence electrons. The van der Waals surface area contributed by atoms with Crippen molar-refractivity contribution in [3.8, 4) is 0 Å². The maximum Gasteiger partial charge on any atom is 0.244 e. The monoisotopic (exact) mass is 356 g/mol. The molecule has 0 spiro atoms. The summed E-state index contributed by atoms with van der Waals surface area (Å²) in [4.78, 5) is 23.1. The Morgan fingerprint density at radius 3 is 2.77 bits per heavy atom. The molecule has 7 nitrogen and oxygen atoms in total. The van der Waals surface area contributed by atoms with E-state index in [-0.39, 0.29) is 12.5 Å². The number of nitrogens with zero attached hydrogens (tertiary/aromatic N) is 4. The van der Waals surface area contributed by atoms with Crippen LogP contribution < -0.4 is 10.6 Å². The van der Waals surface area contributed by atoms with Crippen LogP contribution in [-0.2, 0) is 11.3 Å². The Morgan fingerprint density at radius 1 is 1.23 bits per heavy atom. The van der Waals surface area contributed by atoms with E-state index >= 15 is 0 Å². The number of imidazole rings is 1. The summed E-state index contributed by atoms with van der Waals surface area (Å²) in [6.45, 7) is 8.23. The van der Waals surface area contributed by atoms with Crippen LogP contribution in [0.4, 0.5) is 0 Å². The lowest BCUT2D eigenvalue weighted by atomic mass is 10.3. The topological polar surface area (TPSA) is 74.6 Å². The lowest BCUT2D eigenvalue weighted by Gasteiger charge is -2.15. The number of nitrogens with one attached hydrogen (secondary N) is 2. The van der Waals surface area contributed by atoms with Gasteiger partial charge >= 0.3 is 0 Å². The molecule has 0 atom stereocenters. The van der Waals surface area contributed by atoms with E-state index < -0.39 is 0 Å². The second-order valence-electron chi connectivity index (χ2n) is 6.51. The molecule has 2 heterocycles. The largest absolute Gasteiger partial charge is 0.357 e. The molecule has 1 aromatic heterocycles. The second-order valence-corrected chi connectivity index (χ2v) is 6.51. The van der Waals surface area contributed by atoms with Crippen LogP contribution in [-0.4, -0.2) is 59.0 Å². The normalized spacial score (nSPS) is 14.8. The van der Waals surface area contributed by atoms with Crippen LogP contribution in [0, 0.1) is 6.92 Å². The van der Waals surface area contributed by atoms with Crippen molar-refractivity contribution in [1.82, 2.24) is 25.1 Å². The Balaban J connectivity index is 1.57. The standard InChI is InChI=1S/C19H28N6O/c1-3-20-19(22-14-18(26)24-11-6-7-12-24)21-10-13-25-15(2)23-16-8-4-5-9-17(16)25/h4-5,8-9H,3,6-7,10-14H2,1-2H3,(H2,20,21,22). The number of guanidine groups is 1. The van der Waals surface area contributed by atoms with E-state index in [1.807, 2.05) is 36.9 Å². The van der Waals surface area contributed by atoms with Crippen LogP contribution in [0.15, 0.2) is 29.3 Å². The number of para-hydroxylation sites is 2. The lowest BCUT2D eigenvalue weighted by Crippen LogP contribution is -2.40. The Hall–Kier alpha value is -2.57. The van der Waals surface area contributed by atoms with Gasteiger partial charge in [-0.2, -0.15) is 0 Å². The number of fused-ring (bicyclic) bond motifs is 1. The van der Waals surface area contributed by atoms with Gasteiger partial charge in [0, 0.05) is 32.7 Å². The van der Waals surface area contributed by atoms with Crippen molar-refractivity contribution in [1.29, 1.82) is 0 Å². The third-order valence-corrected chi connectivity index (χ3v) is 4.65. The minimum atomic E-state index is 0.108. The average molecular weight is 356 g/mol. The maximum atomic E-state index is 12.2. The van der Waals surface area contributed by atoms with Gasteiger partial charge in [-0.25, -0.2) is 9.98 Å². The first-order chi connectivity index (χ1) is 12.7. The zero-order valence-corrected chi connectivity index (χ0v) is 15.7. The van der Waals surface area contributed by atoms with Crippen LogP contribution in [0.25, 0.3) is 11.0 Å². The van der Waals surface area contributed by atoms with Gasteiger partial charge in [0.05, 0.1) is 11.0 Å². The Labute approximate surface area is 154 Å². The molecule has 0 saturated carbocycles. The first kappa shape index (κ1) is 18.2. The molecule has 0 aliphatic carbocycles. The number of hydrogen-bond donors (Lipinski definition) is 2. The molecule has 0 bridgehead atoms. The van der Waals surface area contributed by atoms with Crippen molar-refractivity contribution < 1.29 is 4.79 Å². The van der Waals surface area contributed by atoms with E-state index in [9.17, 15) is 4.79 Å². The van der Waals surface area contributed by atoms with Gasteiger partial charge in [0.1, 0.15) is 12.4 Å². The predicted octanol–water partition coefficient (Wildman–Crippen LogP) is 1.52. The number of likely N-dealkylation sites (tertiary alicyclic amines) is 1. The first-order valence-corrected chi connectivity index (χ1v) is 9.41. The molecule has 0 radical (unpaired) electrons. The van der Waals surface area contributed by atoms with Gasteiger partial charge in [-0.1, -0.05) is 12.1 Å². The SMILES string of the molecule is CCNC(=NCC(=O)N1CCCC1)NCCn1c(C)nc2ccccc21. The average Bonchev–Trinajstić information content (AvgIpc) is 3.28. The number of amides is 1. The fourth-order valence-corrected chi connectivity index (χ4v) is 3.32. The summed E-state index contributed by atoms with van der Waals surface area (Å²) < 4.78 is 2.20. The predicted molar refractivity (Wildman–Crippen MR) is 104 cm³/mol. The number of aryl methyl sites for hydroxylation is 1. The summed E-state index contributed by atoms with van der Waals surface area (Å²) in [5.41, 5.74) is 2.15. The zero-order valence-electron chi connectivity index (χ0n) is 15.7. The second kappa shape index (κ2) is 8.69. The quantitative estimate of drug-likeness (QED) is 0.608. The molecule has 1 fully saturated rings. The van der Waals surface area contributed by atoms with Crippen molar-refractivity contribution in [2.45, 2.75) is 33.2 Å². The highest BCUT2D eigenvalue weighted by molar-refractivity contribution is 5.85. The van der Waals surface area contributed by atoms with Gasteiger partial charge in [0.15, 0.2) is 5.96 Å². The van der Waals surface area contributed by atoms with Gasteiger partial charge in [0.2, 0.25) is 5.91 Å². The van der Waals surface area contributed by atoms with Gasteiger partial charge in [-0.15, -0.1) is 0 Å². The van der Waals surface area contributed by atoms with Gasteiger partial charge in [0.25, 0.3) is 0 Å². The summed E-state index contributed by atoms with van der Waals surface area (Å²) in [6.07, 6.45) is 2.21. The molecule has 3 rings (SSSR count). The number of rotatable bonds is 6.